The average Bonchev–Trinajstić information content (AvgIpc) is 2.63. The molecular formula is C26H42O2. The quantitative estimate of drug-likeness (QED) is 0.450. The van der Waals surface area contributed by atoms with Crippen molar-refractivity contribution in [2.45, 2.75) is 98.2 Å². The van der Waals surface area contributed by atoms with Gasteiger partial charge >= 0.3 is 0 Å². The van der Waals surface area contributed by atoms with Gasteiger partial charge in [0.2, 0.25) is 6.29 Å². The molecule has 5 unspecified atom stereocenters. The van der Waals surface area contributed by atoms with Crippen molar-refractivity contribution in [1.29, 1.82) is 0 Å². The van der Waals surface area contributed by atoms with Crippen molar-refractivity contribution in [3.8, 4) is 5.75 Å². The minimum atomic E-state index is -0.125. The average molecular weight is 387 g/mol. The van der Waals surface area contributed by atoms with Crippen LogP contribution in [0.5, 0.6) is 5.75 Å². The summed E-state index contributed by atoms with van der Waals surface area (Å²) in [5.41, 5.74) is 1.98. The summed E-state index contributed by atoms with van der Waals surface area (Å²) >= 11 is 0. The molecular weight excluding hydrogens is 344 g/mol. The SMILES string of the molecule is CCC(CC(C)(C)C)c1ccc(OC(OC)C23CCCC(CC(C)C2)C3)cc1. The zero-order valence-corrected chi connectivity index (χ0v) is 19.1. The Hall–Kier alpha value is -1.02. The second-order valence-electron chi connectivity index (χ2n) is 11.0. The second kappa shape index (κ2) is 8.78. The first-order valence-electron chi connectivity index (χ1n) is 11.5. The smallest absolute Gasteiger partial charge is 0.205 e. The summed E-state index contributed by atoms with van der Waals surface area (Å²) in [6.45, 7) is 11.7. The van der Waals surface area contributed by atoms with E-state index in [1.165, 1.54) is 56.9 Å². The molecule has 1 aromatic carbocycles. The molecule has 0 spiro atoms. The monoisotopic (exact) mass is 386 g/mol. The van der Waals surface area contributed by atoms with Gasteiger partial charge in [-0.2, -0.15) is 0 Å². The van der Waals surface area contributed by atoms with Crippen LogP contribution in [0.3, 0.4) is 0 Å². The van der Waals surface area contributed by atoms with Gasteiger partial charge in [-0.25, -0.2) is 0 Å². The van der Waals surface area contributed by atoms with Crippen LogP contribution < -0.4 is 4.74 Å². The fraction of sp³-hybridized carbons (Fsp3) is 0.769. The first-order chi connectivity index (χ1) is 13.2. The number of fused-ring (bicyclic) bond motifs is 2. The van der Waals surface area contributed by atoms with Gasteiger partial charge in [0.25, 0.3) is 0 Å². The lowest BCUT2D eigenvalue weighted by Crippen LogP contribution is -2.48. The Morgan fingerprint density at radius 2 is 1.86 bits per heavy atom. The van der Waals surface area contributed by atoms with Crippen LogP contribution >= 0.6 is 0 Å². The number of hydrogen-bond acceptors (Lipinski definition) is 2. The van der Waals surface area contributed by atoms with Crippen molar-refractivity contribution in [2.75, 3.05) is 7.11 Å². The Morgan fingerprint density at radius 1 is 1.14 bits per heavy atom. The molecule has 0 N–H and O–H groups in total. The summed E-state index contributed by atoms with van der Waals surface area (Å²) in [7, 11) is 1.83. The van der Waals surface area contributed by atoms with Crippen LogP contribution in [0.25, 0.3) is 0 Å². The van der Waals surface area contributed by atoms with Crippen LogP contribution in [0.2, 0.25) is 0 Å². The molecule has 0 radical (unpaired) electrons. The maximum atomic E-state index is 6.47. The van der Waals surface area contributed by atoms with Crippen molar-refractivity contribution in [1.82, 2.24) is 0 Å². The molecule has 0 aliphatic heterocycles. The highest BCUT2D eigenvalue weighted by Gasteiger charge is 2.48. The molecule has 2 saturated carbocycles. The van der Waals surface area contributed by atoms with Gasteiger partial charge in [-0.3, -0.25) is 0 Å². The first-order valence-corrected chi connectivity index (χ1v) is 11.5. The van der Waals surface area contributed by atoms with E-state index in [0.29, 0.717) is 11.3 Å². The zero-order valence-electron chi connectivity index (χ0n) is 19.1. The Morgan fingerprint density at radius 3 is 2.46 bits per heavy atom. The highest BCUT2D eigenvalue weighted by Crippen LogP contribution is 2.53. The molecule has 0 aromatic heterocycles. The van der Waals surface area contributed by atoms with Crippen molar-refractivity contribution < 1.29 is 9.47 Å². The minimum absolute atomic E-state index is 0.125. The number of ether oxygens (including phenoxy) is 2. The van der Waals surface area contributed by atoms with E-state index in [0.717, 1.165) is 17.6 Å². The summed E-state index contributed by atoms with van der Waals surface area (Å²) in [6, 6.07) is 8.87. The molecule has 2 aliphatic rings. The lowest BCUT2D eigenvalue weighted by molar-refractivity contribution is -0.177. The third-order valence-corrected chi connectivity index (χ3v) is 7.13. The van der Waals surface area contributed by atoms with E-state index in [-0.39, 0.29) is 11.7 Å². The van der Waals surface area contributed by atoms with Gasteiger partial charge in [-0.05, 0) is 79.4 Å². The fourth-order valence-corrected chi connectivity index (χ4v) is 6.17. The number of hydrogen-bond donors (Lipinski definition) is 0. The molecule has 2 aliphatic carbocycles. The van der Waals surface area contributed by atoms with Crippen molar-refractivity contribution in [3.63, 3.8) is 0 Å². The standard InChI is InChI=1S/C26H42O2/c1-7-21(18-25(3,4)5)22-10-12-23(13-11-22)28-24(27-6)26-14-8-9-20(17-26)15-19(2)16-26/h10-13,19-21,24H,7-9,14-18H2,1-6H3. The molecule has 2 nitrogen and oxygen atoms in total. The molecule has 0 amide bonds. The van der Waals surface area contributed by atoms with Crippen LogP contribution in [-0.4, -0.2) is 13.4 Å². The van der Waals surface area contributed by atoms with E-state index >= 15 is 0 Å². The highest BCUT2D eigenvalue weighted by atomic mass is 16.7. The summed E-state index contributed by atoms with van der Waals surface area (Å²) in [6.07, 6.45) is 10.1. The second-order valence-corrected chi connectivity index (χ2v) is 11.0. The molecule has 3 rings (SSSR count). The van der Waals surface area contributed by atoms with Gasteiger partial charge in [0.1, 0.15) is 5.75 Å². The van der Waals surface area contributed by atoms with Crippen LogP contribution in [0, 0.1) is 22.7 Å². The third-order valence-electron chi connectivity index (χ3n) is 7.13. The molecule has 28 heavy (non-hydrogen) atoms. The van der Waals surface area contributed by atoms with E-state index < -0.39 is 0 Å². The van der Waals surface area contributed by atoms with E-state index in [4.69, 9.17) is 9.47 Å². The Labute approximate surface area is 173 Å². The number of methoxy groups -OCH3 is 1. The zero-order chi connectivity index (χ0) is 20.4. The van der Waals surface area contributed by atoms with Crippen molar-refractivity contribution >= 4 is 0 Å². The van der Waals surface area contributed by atoms with E-state index in [1.807, 2.05) is 7.11 Å². The largest absolute Gasteiger partial charge is 0.464 e. The predicted molar refractivity (Wildman–Crippen MR) is 118 cm³/mol. The molecule has 158 valence electrons. The molecule has 5 atom stereocenters. The fourth-order valence-electron chi connectivity index (χ4n) is 6.17. The number of rotatable bonds is 7. The Kier molecular flexibility index (Phi) is 6.80. The van der Waals surface area contributed by atoms with Crippen molar-refractivity contribution in [2.24, 2.45) is 22.7 Å². The van der Waals surface area contributed by atoms with Gasteiger partial charge in [-0.1, -0.05) is 59.6 Å². The highest BCUT2D eigenvalue weighted by molar-refractivity contribution is 5.30. The van der Waals surface area contributed by atoms with Crippen LogP contribution in [0.15, 0.2) is 24.3 Å². The van der Waals surface area contributed by atoms with E-state index in [1.54, 1.807) is 0 Å². The van der Waals surface area contributed by atoms with Gasteiger partial charge < -0.3 is 9.47 Å². The minimum Gasteiger partial charge on any atom is -0.464 e. The summed E-state index contributed by atoms with van der Waals surface area (Å²) in [5, 5.41) is 0. The predicted octanol–water partition coefficient (Wildman–Crippen LogP) is 7.57. The third kappa shape index (κ3) is 5.12. The van der Waals surface area contributed by atoms with Gasteiger partial charge in [0, 0.05) is 12.5 Å². The van der Waals surface area contributed by atoms with Crippen LogP contribution in [0.1, 0.15) is 97.5 Å². The molecule has 2 fully saturated rings. The number of benzene rings is 1. The van der Waals surface area contributed by atoms with E-state index in [2.05, 4.69) is 58.9 Å². The molecule has 0 saturated heterocycles. The molecule has 0 heterocycles. The maximum Gasteiger partial charge on any atom is 0.205 e. The lowest BCUT2D eigenvalue weighted by Gasteiger charge is -2.50. The maximum absolute atomic E-state index is 6.47. The van der Waals surface area contributed by atoms with Gasteiger partial charge in [0.15, 0.2) is 0 Å². The van der Waals surface area contributed by atoms with E-state index in [9.17, 15) is 0 Å². The van der Waals surface area contributed by atoms with Gasteiger partial charge in [-0.15, -0.1) is 0 Å². The summed E-state index contributed by atoms with van der Waals surface area (Å²) < 4.78 is 12.4. The lowest BCUT2D eigenvalue weighted by atomic mass is 9.59. The van der Waals surface area contributed by atoms with Crippen molar-refractivity contribution in [3.05, 3.63) is 29.8 Å². The van der Waals surface area contributed by atoms with Gasteiger partial charge in [0.05, 0.1) is 0 Å². The Balaban J connectivity index is 1.71. The summed E-state index contributed by atoms with van der Waals surface area (Å²) in [5.74, 6) is 3.22. The molecule has 2 bridgehead atoms. The molecule has 2 heteroatoms. The normalized spacial score (nSPS) is 29.9. The summed E-state index contributed by atoms with van der Waals surface area (Å²) in [4.78, 5) is 0. The van der Waals surface area contributed by atoms with Crippen LogP contribution in [0.4, 0.5) is 0 Å². The first kappa shape index (κ1) is 21.7. The Bertz CT molecular complexity index is 610. The molecule has 1 aromatic rings. The van der Waals surface area contributed by atoms with Crippen LogP contribution in [-0.2, 0) is 4.74 Å². The topological polar surface area (TPSA) is 18.5 Å².